The van der Waals surface area contributed by atoms with E-state index in [9.17, 15) is 0 Å². The number of likely N-dealkylation sites (N-methyl/N-ethyl adjacent to an activating group) is 1. The lowest BCUT2D eigenvalue weighted by molar-refractivity contribution is 0.0914. The summed E-state index contributed by atoms with van der Waals surface area (Å²) in [7, 11) is 2.00. The van der Waals surface area contributed by atoms with Crippen molar-refractivity contribution in [3.05, 3.63) is 35.4 Å². The summed E-state index contributed by atoms with van der Waals surface area (Å²) in [6, 6.07) is 9.22. The van der Waals surface area contributed by atoms with Crippen molar-refractivity contribution in [2.75, 3.05) is 20.3 Å². The second kappa shape index (κ2) is 8.55. The van der Waals surface area contributed by atoms with Crippen LogP contribution in [0.5, 0.6) is 0 Å². The average Bonchev–Trinajstić information content (AvgIpc) is 2.38. The van der Waals surface area contributed by atoms with Crippen LogP contribution in [0.2, 0.25) is 0 Å². The van der Waals surface area contributed by atoms with Gasteiger partial charge in [-0.25, -0.2) is 0 Å². The number of hydrogen-bond acceptors (Lipinski definition) is 2. The van der Waals surface area contributed by atoms with Gasteiger partial charge in [0.05, 0.1) is 12.6 Å². The molecule has 0 saturated carbocycles. The summed E-state index contributed by atoms with van der Waals surface area (Å²) in [6.45, 7) is 12.8. The molecule has 0 radical (unpaired) electrons. The quantitative estimate of drug-likeness (QED) is 0.707. The van der Waals surface area contributed by atoms with E-state index in [2.05, 4.69) is 64.2 Å². The summed E-state index contributed by atoms with van der Waals surface area (Å²) < 4.78 is 5.85. The largest absolute Gasteiger partial charge is 0.379 e. The molecule has 120 valence electrons. The maximum atomic E-state index is 5.85. The summed E-state index contributed by atoms with van der Waals surface area (Å²) in [4.78, 5) is 0. The van der Waals surface area contributed by atoms with Crippen molar-refractivity contribution in [1.29, 1.82) is 0 Å². The van der Waals surface area contributed by atoms with Crippen molar-refractivity contribution >= 4 is 0 Å². The van der Waals surface area contributed by atoms with E-state index in [-0.39, 0.29) is 6.04 Å². The Labute approximate surface area is 131 Å². The van der Waals surface area contributed by atoms with Crippen LogP contribution in [0.15, 0.2) is 24.3 Å². The van der Waals surface area contributed by atoms with Gasteiger partial charge in [-0.1, -0.05) is 58.9 Å². The lowest BCUT2D eigenvalue weighted by atomic mass is 9.93. The van der Waals surface area contributed by atoms with E-state index >= 15 is 0 Å². The highest BCUT2D eigenvalue weighted by molar-refractivity contribution is 5.25. The zero-order valence-electron chi connectivity index (χ0n) is 14.7. The van der Waals surface area contributed by atoms with Crippen LogP contribution >= 0.6 is 0 Å². The maximum absolute atomic E-state index is 5.85. The first-order chi connectivity index (χ1) is 9.81. The van der Waals surface area contributed by atoms with Gasteiger partial charge in [-0.15, -0.1) is 0 Å². The molecule has 0 saturated heterocycles. The lowest BCUT2D eigenvalue weighted by Gasteiger charge is -2.21. The Hall–Kier alpha value is -0.860. The van der Waals surface area contributed by atoms with Crippen molar-refractivity contribution in [1.82, 2.24) is 5.32 Å². The van der Waals surface area contributed by atoms with E-state index in [1.165, 1.54) is 11.1 Å². The third-order valence-corrected chi connectivity index (χ3v) is 3.66. The van der Waals surface area contributed by atoms with Crippen LogP contribution in [0.1, 0.15) is 58.2 Å². The van der Waals surface area contributed by atoms with Crippen LogP contribution in [0, 0.1) is 11.3 Å². The summed E-state index contributed by atoms with van der Waals surface area (Å²) in [6.07, 6.45) is 2.24. The molecule has 0 bridgehead atoms. The highest BCUT2D eigenvalue weighted by atomic mass is 16.5. The van der Waals surface area contributed by atoms with Gasteiger partial charge in [-0.2, -0.15) is 0 Å². The first kappa shape index (κ1) is 18.2. The minimum atomic E-state index is 0.276. The third-order valence-electron chi connectivity index (χ3n) is 3.66. The number of nitrogens with one attached hydrogen (secondary N) is 1. The van der Waals surface area contributed by atoms with Crippen molar-refractivity contribution in [3.63, 3.8) is 0 Å². The van der Waals surface area contributed by atoms with Crippen LogP contribution in [-0.2, 0) is 11.2 Å². The van der Waals surface area contributed by atoms with Gasteiger partial charge < -0.3 is 10.1 Å². The first-order valence-corrected chi connectivity index (χ1v) is 8.15. The Bertz CT molecular complexity index is 389. The Kier molecular flexibility index (Phi) is 7.41. The van der Waals surface area contributed by atoms with E-state index in [0.29, 0.717) is 11.3 Å². The molecule has 1 aromatic rings. The number of rotatable bonds is 8. The fourth-order valence-electron chi connectivity index (χ4n) is 2.28. The highest BCUT2D eigenvalue weighted by Gasteiger charge is 2.12. The van der Waals surface area contributed by atoms with Crippen molar-refractivity contribution in [3.8, 4) is 0 Å². The normalized spacial score (nSPS) is 13.7. The Morgan fingerprint density at radius 1 is 1.10 bits per heavy atom. The van der Waals surface area contributed by atoms with Crippen molar-refractivity contribution in [2.24, 2.45) is 11.3 Å². The van der Waals surface area contributed by atoms with E-state index in [1.807, 2.05) is 7.05 Å². The van der Waals surface area contributed by atoms with Gasteiger partial charge in [0.15, 0.2) is 0 Å². The summed E-state index contributed by atoms with van der Waals surface area (Å²) >= 11 is 0. The maximum Gasteiger partial charge on any atom is 0.0661 e. The second-order valence-corrected chi connectivity index (χ2v) is 7.57. The van der Waals surface area contributed by atoms with Gasteiger partial charge in [-0.05, 0) is 42.3 Å². The minimum absolute atomic E-state index is 0.276. The molecular weight excluding hydrogens is 258 g/mol. The third kappa shape index (κ3) is 7.63. The molecule has 0 heterocycles. The standard InChI is InChI=1S/C19H33NO/c1-15(2)13-16-7-9-17(10-8-16)18(20-6)14-21-12-11-19(3,4)5/h7-10,15,18,20H,11-14H2,1-6H3. The van der Waals surface area contributed by atoms with Crippen LogP contribution in [0.3, 0.4) is 0 Å². The summed E-state index contributed by atoms with van der Waals surface area (Å²) in [5.74, 6) is 0.705. The fraction of sp³-hybridized carbons (Fsp3) is 0.684. The van der Waals surface area contributed by atoms with Gasteiger partial charge in [0.25, 0.3) is 0 Å². The molecule has 1 aromatic carbocycles. The SMILES string of the molecule is CNC(COCCC(C)(C)C)c1ccc(CC(C)C)cc1. The molecule has 0 fully saturated rings. The van der Waals surface area contributed by atoms with Gasteiger partial charge in [0.1, 0.15) is 0 Å². The van der Waals surface area contributed by atoms with Crippen LogP contribution in [0.4, 0.5) is 0 Å². The van der Waals surface area contributed by atoms with Gasteiger partial charge in [-0.3, -0.25) is 0 Å². The van der Waals surface area contributed by atoms with Crippen molar-refractivity contribution < 1.29 is 4.74 Å². The predicted molar refractivity (Wildman–Crippen MR) is 91.7 cm³/mol. The van der Waals surface area contributed by atoms with E-state index in [0.717, 1.165) is 26.1 Å². The summed E-state index contributed by atoms with van der Waals surface area (Å²) in [5.41, 5.74) is 3.06. The van der Waals surface area contributed by atoms with Crippen LogP contribution in [0.25, 0.3) is 0 Å². The molecule has 21 heavy (non-hydrogen) atoms. The summed E-state index contributed by atoms with van der Waals surface area (Å²) in [5, 5.41) is 3.35. The first-order valence-electron chi connectivity index (χ1n) is 8.15. The average molecular weight is 291 g/mol. The predicted octanol–water partition coefficient (Wildman–Crippen LogP) is 4.60. The molecule has 0 amide bonds. The fourth-order valence-corrected chi connectivity index (χ4v) is 2.28. The highest BCUT2D eigenvalue weighted by Crippen LogP contribution is 2.19. The molecule has 0 aliphatic rings. The monoisotopic (exact) mass is 291 g/mol. The topological polar surface area (TPSA) is 21.3 Å². The number of hydrogen-bond donors (Lipinski definition) is 1. The Morgan fingerprint density at radius 2 is 1.71 bits per heavy atom. The molecule has 1 rings (SSSR count). The minimum Gasteiger partial charge on any atom is -0.379 e. The van der Waals surface area contributed by atoms with Crippen LogP contribution < -0.4 is 5.32 Å². The molecule has 0 spiro atoms. The Morgan fingerprint density at radius 3 is 2.19 bits per heavy atom. The number of benzene rings is 1. The lowest BCUT2D eigenvalue weighted by Crippen LogP contribution is -2.23. The zero-order chi connectivity index (χ0) is 15.9. The van der Waals surface area contributed by atoms with E-state index in [4.69, 9.17) is 4.74 Å². The zero-order valence-corrected chi connectivity index (χ0v) is 14.7. The Balaban J connectivity index is 2.48. The molecule has 1 atom stereocenters. The molecule has 2 nitrogen and oxygen atoms in total. The second-order valence-electron chi connectivity index (χ2n) is 7.57. The van der Waals surface area contributed by atoms with E-state index < -0.39 is 0 Å². The number of ether oxygens (including phenoxy) is 1. The van der Waals surface area contributed by atoms with Crippen LogP contribution in [-0.4, -0.2) is 20.3 Å². The van der Waals surface area contributed by atoms with E-state index in [1.54, 1.807) is 0 Å². The van der Waals surface area contributed by atoms with Gasteiger partial charge in [0.2, 0.25) is 0 Å². The molecule has 1 N–H and O–H groups in total. The molecule has 1 unspecified atom stereocenters. The molecule has 0 aromatic heterocycles. The van der Waals surface area contributed by atoms with Crippen molar-refractivity contribution in [2.45, 2.75) is 53.5 Å². The molecular formula is C19H33NO. The van der Waals surface area contributed by atoms with Gasteiger partial charge in [0, 0.05) is 6.61 Å². The molecule has 2 heteroatoms. The molecule has 0 aliphatic carbocycles. The smallest absolute Gasteiger partial charge is 0.0661 e. The molecule has 0 aliphatic heterocycles. The van der Waals surface area contributed by atoms with Gasteiger partial charge >= 0.3 is 0 Å².